The van der Waals surface area contributed by atoms with Crippen molar-refractivity contribution >= 4 is 23.0 Å². The Bertz CT molecular complexity index is 598. The first-order chi connectivity index (χ1) is 9.06. The highest BCUT2D eigenvalue weighted by atomic mass is 32.1. The van der Waals surface area contributed by atoms with Crippen molar-refractivity contribution in [2.45, 2.75) is 13.5 Å². The van der Waals surface area contributed by atoms with Gasteiger partial charge in [-0.1, -0.05) is 30.4 Å². The normalized spacial score (nSPS) is 10.2. The SMILES string of the molecule is Cc1cc(N(C)Cc2cccc(C(N)=S)c2)ncn1. The molecule has 0 saturated heterocycles. The Morgan fingerprint density at radius 1 is 1.32 bits per heavy atom. The number of hydrogen-bond donors (Lipinski definition) is 1. The van der Waals surface area contributed by atoms with Crippen LogP contribution in [0.15, 0.2) is 36.7 Å². The molecule has 0 spiro atoms. The molecule has 1 aromatic heterocycles. The molecule has 0 fully saturated rings. The molecule has 0 atom stereocenters. The molecular weight excluding hydrogens is 256 g/mol. The van der Waals surface area contributed by atoms with Gasteiger partial charge in [0.05, 0.1) is 0 Å². The van der Waals surface area contributed by atoms with E-state index in [-0.39, 0.29) is 0 Å². The van der Waals surface area contributed by atoms with Gasteiger partial charge in [0.25, 0.3) is 0 Å². The predicted octanol–water partition coefficient (Wildman–Crippen LogP) is 2.06. The van der Waals surface area contributed by atoms with Crippen LogP contribution in [-0.2, 0) is 6.54 Å². The number of rotatable bonds is 4. The van der Waals surface area contributed by atoms with Crippen LogP contribution in [0.2, 0.25) is 0 Å². The van der Waals surface area contributed by atoms with Crippen LogP contribution in [0.5, 0.6) is 0 Å². The van der Waals surface area contributed by atoms with E-state index in [0.29, 0.717) is 4.99 Å². The minimum Gasteiger partial charge on any atom is -0.389 e. The molecule has 5 heteroatoms. The molecule has 2 N–H and O–H groups in total. The highest BCUT2D eigenvalue weighted by Crippen LogP contribution is 2.13. The van der Waals surface area contributed by atoms with Crippen molar-refractivity contribution in [3.8, 4) is 0 Å². The van der Waals surface area contributed by atoms with E-state index in [9.17, 15) is 0 Å². The molecule has 2 rings (SSSR count). The Labute approximate surface area is 118 Å². The lowest BCUT2D eigenvalue weighted by Gasteiger charge is -2.18. The van der Waals surface area contributed by atoms with Gasteiger partial charge in [0.2, 0.25) is 0 Å². The summed E-state index contributed by atoms with van der Waals surface area (Å²) in [5, 5.41) is 0. The fourth-order valence-corrected chi connectivity index (χ4v) is 1.95. The standard InChI is InChI=1S/C14H16N4S/c1-10-6-13(17-9-16-10)18(2)8-11-4-3-5-12(7-11)14(15)19/h3-7,9H,8H2,1-2H3,(H2,15,19). The third kappa shape index (κ3) is 3.48. The average molecular weight is 272 g/mol. The predicted molar refractivity (Wildman–Crippen MR) is 81.2 cm³/mol. The first kappa shape index (κ1) is 13.4. The van der Waals surface area contributed by atoms with Gasteiger partial charge in [0.1, 0.15) is 17.1 Å². The highest BCUT2D eigenvalue weighted by molar-refractivity contribution is 7.80. The molecule has 0 radical (unpaired) electrons. The lowest BCUT2D eigenvalue weighted by molar-refractivity contribution is 0.886. The molecule has 0 aliphatic carbocycles. The zero-order chi connectivity index (χ0) is 13.8. The van der Waals surface area contributed by atoms with Crippen LogP contribution < -0.4 is 10.6 Å². The Hall–Kier alpha value is -2.01. The molecule has 0 unspecified atom stereocenters. The fraction of sp³-hybridized carbons (Fsp3) is 0.214. The van der Waals surface area contributed by atoms with Crippen molar-refractivity contribution in [2.75, 3.05) is 11.9 Å². The van der Waals surface area contributed by atoms with Gasteiger partial charge in [-0.2, -0.15) is 0 Å². The van der Waals surface area contributed by atoms with E-state index in [1.165, 1.54) is 0 Å². The molecule has 1 heterocycles. The van der Waals surface area contributed by atoms with E-state index in [0.717, 1.165) is 29.2 Å². The molecule has 98 valence electrons. The van der Waals surface area contributed by atoms with Crippen molar-refractivity contribution in [1.29, 1.82) is 0 Å². The summed E-state index contributed by atoms with van der Waals surface area (Å²) in [5.41, 5.74) is 8.63. The number of thiocarbonyl (C=S) groups is 1. The van der Waals surface area contributed by atoms with Crippen LogP contribution in [0.4, 0.5) is 5.82 Å². The van der Waals surface area contributed by atoms with Gasteiger partial charge >= 0.3 is 0 Å². The smallest absolute Gasteiger partial charge is 0.132 e. The number of hydrogen-bond acceptors (Lipinski definition) is 4. The van der Waals surface area contributed by atoms with Crippen LogP contribution in [0, 0.1) is 6.92 Å². The largest absolute Gasteiger partial charge is 0.389 e. The Kier molecular flexibility index (Phi) is 4.06. The summed E-state index contributed by atoms with van der Waals surface area (Å²) in [6.07, 6.45) is 1.58. The maximum atomic E-state index is 5.64. The van der Waals surface area contributed by atoms with Gasteiger partial charge in [0, 0.05) is 30.9 Å². The molecule has 1 aromatic carbocycles. The molecule has 0 amide bonds. The van der Waals surface area contributed by atoms with Gasteiger partial charge < -0.3 is 10.6 Å². The molecule has 0 aliphatic rings. The summed E-state index contributed by atoms with van der Waals surface area (Å²) in [6, 6.07) is 9.89. The molecule has 0 aliphatic heterocycles. The topological polar surface area (TPSA) is 55.0 Å². The second kappa shape index (κ2) is 5.75. The first-order valence-corrected chi connectivity index (χ1v) is 6.35. The van der Waals surface area contributed by atoms with E-state index < -0.39 is 0 Å². The molecule has 2 aromatic rings. The number of anilines is 1. The van der Waals surface area contributed by atoms with E-state index >= 15 is 0 Å². The minimum absolute atomic E-state index is 0.419. The summed E-state index contributed by atoms with van der Waals surface area (Å²) < 4.78 is 0. The van der Waals surface area contributed by atoms with E-state index in [4.69, 9.17) is 18.0 Å². The van der Waals surface area contributed by atoms with Gasteiger partial charge in [-0.15, -0.1) is 0 Å². The van der Waals surface area contributed by atoms with Crippen molar-refractivity contribution < 1.29 is 0 Å². The average Bonchev–Trinajstić information content (AvgIpc) is 2.39. The fourth-order valence-electron chi connectivity index (χ4n) is 1.83. The third-order valence-corrected chi connectivity index (χ3v) is 3.05. The summed E-state index contributed by atoms with van der Waals surface area (Å²) in [7, 11) is 2.00. The Balaban J connectivity index is 2.17. The number of aromatic nitrogens is 2. The van der Waals surface area contributed by atoms with Crippen molar-refractivity contribution in [2.24, 2.45) is 5.73 Å². The van der Waals surface area contributed by atoms with Crippen LogP contribution in [0.3, 0.4) is 0 Å². The van der Waals surface area contributed by atoms with Gasteiger partial charge in [-0.3, -0.25) is 0 Å². The molecule has 0 bridgehead atoms. The maximum absolute atomic E-state index is 5.64. The second-order valence-corrected chi connectivity index (χ2v) is 4.88. The zero-order valence-corrected chi connectivity index (χ0v) is 11.8. The maximum Gasteiger partial charge on any atom is 0.132 e. The first-order valence-electron chi connectivity index (χ1n) is 5.95. The van der Waals surface area contributed by atoms with Crippen LogP contribution in [-0.4, -0.2) is 22.0 Å². The Morgan fingerprint density at radius 2 is 2.11 bits per heavy atom. The molecule has 19 heavy (non-hydrogen) atoms. The van der Waals surface area contributed by atoms with Crippen LogP contribution >= 0.6 is 12.2 Å². The Morgan fingerprint density at radius 3 is 2.79 bits per heavy atom. The van der Waals surface area contributed by atoms with Crippen molar-refractivity contribution in [1.82, 2.24) is 9.97 Å². The number of nitrogens with zero attached hydrogens (tertiary/aromatic N) is 3. The zero-order valence-electron chi connectivity index (χ0n) is 11.0. The number of nitrogens with two attached hydrogens (primary N) is 1. The summed E-state index contributed by atoms with van der Waals surface area (Å²) >= 11 is 4.99. The lowest BCUT2D eigenvalue weighted by Crippen LogP contribution is -2.18. The van der Waals surface area contributed by atoms with Crippen LogP contribution in [0.25, 0.3) is 0 Å². The lowest BCUT2D eigenvalue weighted by atomic mass is 10.1. The number of benzene rings is 1. The summed E-state index contributed by atoms with van der Waals surface area (Å²) in [4.78, 5) is 10.8. The minimum atomic E-state index is 0.419. The summed E-state index contributed by atoms with van der Waals surface area (Å²) in [6.45, 7) is 2.69. The monoisotopic (exact) mass is 272 g/mol. The van der Waals surface area contributed by atoms with Crippen molar-refractivity contribution in [3.63, 3.8) is 0 Å². The molecular formula is C14H16N4S. The van der Waals surface area contributed by atoms with E-state index in [1.54, 1.807) is 6.33 Å². The second-order valence-electron chi connectivity index (χ2n) is 4.44. The quantitative estimate of drug-likeness (QED) is 0.863. The third-order valence-electron chi connectivity index (χ3n) is 2.81. The van der Waals surface area contributed by atoms with E-state index in [2.05, 4.69) is 14.9 Å². The highest BCUT2D eigenvalue weighted by Gasteiger charge is 2.05. The molecule has 0 saturated carbocycles. The van der Waals surface area contributed by atoms with Gasteiger partial charge in [-0.25, -0.2) is 9.97 Å². The van der Waals surface area contributed by atoms with Gasteiger partial charge in [0.15, 0.2) is 0 Å². The van der Waals surface area contributed by atoms with Gasteiger partial charge in [-0.05, 0) is 18.6 Å². The summed E-state index contributed by atoms with van der Waals surface area (Å²) in [5.74, 6) is 0.897. The number of aryl methyl sites for hydroxylation is 1. The van der Waals surface area contributed by atoms with E-state index in [1.807, 2.05) is 44.3 Å². The van der Waals surface area contributed by atoms with Crippen molar-refractivity contribution in [3.05, 3.63) is 53.5 Å². The van der Waals surface area contributed by atoms with Crippen LogP contribution in [0.1, 0.15) is 16.8 Å². The molecule has 4 nitrogen and oxygen atoms in total.